The van der Waals surface area contributed by atoms with E-state index in [1.807, 2.05) is 24.3 Å². The summed E-state index contributed by atoms with van der Waals surface area (Å²) in [6.07, 6.45) is 2.06. The second-order valence-electron chi connectivity index (χ2n) is 8.16. The quantitative estimate of drug-likeness (QED) is 0.503. The minimum Gasteiger partial charge on any atom is -0.378 e. The molecule has 0 saturated heterocycles. The number of rotatable bonds is 8. The van der Waals surface area contributed by atoms with E-state index in [0.717, 1.165) is 29.0 Å². The normalized spacial score (nSPS) is 12.7. The number of aryl methyl sites for hydroxylation is 4. The van der Waals surface area contributed by atoms with E-state index in [-0.39, 0.29) is 12.5 Å². The van der Waals surface area contributed by atoms with Crippen molar-refractivity contribution in [3.05, 3.63) is 64.1 Å². The first-order valence-corrected chi connectivity index (χ1v) is 12.2. The summed E-state index contributed by atoms with van der Waals surface area (Å²) in [6, 6.07) is 7.96. The van der Waals surface area contributed by atoms with E-state index in [0.29, 0.717) is 12.1 Å². The number of nitrogens with zero attached hydrogens (tertiary/aromatic N) is 2. The summed E-state index contributed by atoms with van der Waals surface area (Å²) >= 11 is 0. The maximum atomic E-state index is 12.8. The number of imidazole rings is 1. The summed E-state index contributed by atoms with van der Waals surface area (Å²) in [4.78, 5) is 17.5. The highest BCUT2D eigenvalue weighted by Crippen LogP contribution is 2.24. The van der Waals surface area contributed by atoms with E-state index in [1.54, 1.807) is 19.2 Å². The maximum Gasteiger partial charge on any atom is 0.264 e. The van der Waals surface area contributed by atoms with Gasteiger partial charge in [-0.25, -0.2) is 4.98 Å². The van der Waals surface area contributed by atoms with Crippen LogP contribution < -0.4 is 10.6 Å². The second kappa shape index (κ2) is 9.30. The Labute approximate surface area is 189 Å². The van der Waals surface area contributed by atoms with E-state index in [9.17, 15) is 13.2 Å². The fourth-order valence-corrected chi connectivity index (χ4v) is 4.27. The van der Waals surface area contributed by atoms with E-state index in [1.165, 1.54) is 16.7 Å². The second-order valence-corrected chi connectivity index (χ2v) is 9.76. The Morgan fingerprint density at radius 1 is 1.19 bits per heavy atom. The molecule has 1 atom stereocenters. The Hall–Kier alpha value is -2.91. The highest BCUT2D eigenvalue weighted by atomic mass is 32.2. The Morgan fingerprint density at radius 3 is 2.47 bits per heavy atom. The Kier molecular flexibility index (Phi) is 6.90. The lowest BCUT2D eigenvalue weighted by Gasteiger charge is -2.15. The fourth-order valence-electron chi connectivity index (χ4n) is 3.61. The zero-order valence-electron chi connectivity index (χ0n) is 19.3. The minimum atomic E-state index is -3.59. The van der Waals surface area contributed by atoms with E-state index in [2.05, 4.69) is 41.6 Å². The first-order chi connectivity index (χ1) is 15.0. The van der Waals surface area contributed by atoms with Gasteiger partial charge in [0.25, 0.3) is 16.0 Å². The number of pyridine rings is 1. The van der Waals surface area contributed by atoms with Crippen molar-refractivity contribution in [2.75, 3.05) is 18.1 Å². The summed E-state index contributed by atoms with van der Waals surface area (Å²) in [7, 11) is -3.59. The SMILES string of the molecule is Cc1cccc(C)c1CNc1cc(C(=O)NC[C@@H](C)OS(C)(=O)=O)cn2c(C)c(C)nc12. The lowest BCUT2D eigenvalue weighted by atomic mass is 10.0. The molecular weight excluding hydrogens is 428 g/mol. The average Bonchev–Trinajstić information content (AvgIpc) is 2.98. The number of benzene rings is 1. The molecule has 3 rings (SSSR count). The largest absolute Gasteiger partial charge is 0.378 e. The van der Waals surface area contributed by atoms with Crippen molar-refractivity contribution in [2.24, 2.45) is 0 Å². The van der Waals surface area contributed by atoms with Crippen molar-refractivity contribution in [1.29, 1.82) is 0 Å². The van der Waals surface area contributed by atoms with Crippen LogP contribution in [-0.2, 0) is 20.8 Å². The number of hydrogen-bond acceptors (Lipinski definition) is 6. The number of carbonyl (C=O) groups excluding carboxylic acids is 1. The number of amides is 1. The van der Waals surface area contributed by atoms with Crippen LogP contribution in [0.3, 0.4) is 0 Å². The van der Waals surface area contributed by atoms with E-state index in [4.69, 9.17) is 4.18 Å². The molecule has 0 radical (unpaired) electrons. The van der Waals surface area contributed by atoms with Gasteiger partial charge in [-0.05, 0) is 57.4 Å². The highest BCUT2D eigenvalue weighted by molar-refractivity contribution is 7.86. The summed E-state index contributed by atoms with van der Waals surface area (Å²) in [5.41, 5.74) is 7.34. The van der Waals surface area contributed by atoms with Crippen LogP contribution in [0.15, 0.2) is 30.5 Å². The van der Waals surface area contributed by atoms with Crippen molar-refractivity contribution >= 4 is 27.4 Å². The molecule has 0 aliphatic carbocycles. The van der Waals surface area contributed by atoms with Gasteiger partial charge in [0.2, 0.25) is 0 Å². The number of hydrogen-bond donors (Lipinski definition) is 2. The standard InChI is InChI=1S/C23H30N4O4S/c1-14-8-7-9-15(2)20(14)12-24-21-10-19(13-27-18(5)17(4)26-22(21)27)23(28)25-11-16(3)31-32(6,29)30/h7-10,13,16,24H,11-12H2,1-6H3,(H,25,28)/t16-/m1/s1. The Balaban J connectivity index is 1.88. The third-order valence-corrected chi connectivity index (χ3v) is 6.13. The molecule has 0 aliphatic rings. The van der Waals surface area contributed by atoms with E-state index < -0.39 is 16.2 Å². The first kappa shape index (κ1) is 23.7. The summed E-state index contributed by atoms with van der Waals surface area (Å²) < 4.78 is 29.3. The third kappa shape index (κ3) is 5.46. The molecule has 0 saturated carbocycles. The van der Waals surface area contributed by atoms with Crippen LogP contribution in [0.5, 0.6) is 0 Å². The van der Waals surface area contributed by atoms with Gasteiger partial charge >= 0.3 is 0 Å². The van der Waals surface area contributed by atoms with E-state index >= 15 is 0 Å². The van der Waals surface area contributed by atoms with Crippen LogP contribution in [0.2, 0.25) is 0 Å². The van der Waals surface area contributed by atoms with Gasteiger partial charge in [-0.1, -0.05) is 18.2 Å². The number of carbonyl (C=O) groups is 1. The smallest absolute Gasteiger partial charge is 0.264 e. The highest BCUT2D eigenvalue weighted by Gasteiger charge is 2.17. The number of aromatic nitrogens is 2. The molecular formula is C23H30N4O4S. The fraction of sp³-hybridized carbons (Fsp3) is 0.391. The van der Waals surface area contributed by atoms with Crippen LogP contribution >= 0.6 is 0 Å². The zero-order chi connectivity index (χ0) is 23.6. The molecule has 32 heavy (non-hydrogen) atoms. The lowest BCUT2D eigenvalue weighted by molar-refractivity contribution is 0.0933. The molecule has 9 heteroatoms. The van der Waals surface area contributed by atoms with Gasteiger partial charge in [0.1, 0.15) is 0 Å². The minimum absolute atomic E-state index is 0.0665. The molecule has 2 aromatic heterocycles. The van der Waals surface area contributed by atoms with Crippen LogP contribution in [0.25, 0.3) is 5.65 Å². The zero-order valence-corrected chi connectivity index (χ0v) is 20.1. The predicted molar refractivity (Wildman–Crippen MR) is 126 cm³/mol. The van der Waals surface area contributed by atoms with Gasteiger partial charge in [0, 0.05) is 25.0 Å². The monoisotopic (exact) mass is 458 g/mol. The Morgan fingerprint density at radius 2 is 1.84 bits per heavy atom. The summed E-state index contributed by atoms with van der Waals surface area (Å²) in [6.45, 7) is 10.3. The molecule has 0 aliphatic heterocycles. The number of anilines is 1. The molecule has 172 valence electrons. The molecule has 0 unspecified atom stereocenters. The molecule has 0 fully saturated rings. The molecule has 1 aromatic carbocycles. The van der Waals surface area contributed by atoms with Crippen molar-refractivity contribution in [3.8, 4) is 0 Å². The van der Waals surface area contributed by atoms with Gasteiger partial charge in [0.15, 0.2) is 5.65 Å². The van der Waals surface area contributed by atoms with Crippen molar-refractivity contribution < 1.29 is 17.4 Å². The van der Waals surface area contributed by atoms with Crippen molar-refractivity contribution in [2.45, 2.75) is 47.3 Å². The van der Waals surface area contributed by atoms with Gasteiger partial charge in [-0.15, -0.1) is 0 Å². The van der Waals surface area contributed by atoms with Gasteiger partial charge in [0.05, 0.1) is 29.3 Å². The van der Waals surface area contributed by atoms with Gasteiger partial charge in [-0.2, -0.15) is 8.42 Å². The van der Waals surface area contributed by atoms with Crippen LogP contribution in [0.1, 0.15) is 45.4 Å². The molecule has 8 nitrogen and oxygen atoms in total. The predicted octanol–water partition coefficient (Wildman–Crippen LogP) is 3.27. The van der Waals surface area contributed by atoms with Crippen molar-refractivity contribution in [1.82, 2.24) is 14.7 Å². The lowest BCUT2D eigenvalue weighted by Crippen LogP contribution is -2.33. The number of nitrogens with one attached hydrogen (secondary N) is 2. The van der Waals surface area contributed by atoms with Crippen LogP contribution in [0.4, 0.5) is 5.69 Å². The first-order valence-electron chi connectivity index (χ1n) is 10.4. The number of fused-ring (bicyclic) bond motifs is 1. The summed E-state index contributed by atoms with van der Waals surface area (Å²) in [5.74, 6) is -0.322. The molecule has 2 heterocycles. The third-order valence-electron chi connectivity index (χ3n) is 5.45. The van der Waals surface area contributed by atoms with Crippen molar-refractivity contribution in [3.63, 3.8) is 0 Å². The molecule has 0 spiro atoms. The Bertz CT molecular complexity index is 1240. The maximum absolute atomic E-state index is 12.8. The van der Waals surface area contributed by atoms with Crippen LogP contribution in [0, 0.1) is 27.7 Å². The molecule has 1 amide bonds. The molecule has 0 bridgehead atoms. The molecule has 2 N–H and O–H groups in total. The van der Waals surface area contributed by atoms with Crippen LogP contribution in [-0.4, -0.2) is 42.6 Å². The average molecular weight is 459 g/mol. The van der Waals surface area contributed by atoms with Gasteiger partial charge < -0.3 is 15.0 Å². The topological polar surface area (TPSA) is 102 Å². The summed E-state index contributed by atoms with van der Waals surface area (Å²) in [5, 5.41) is 6.19. The van der Waals surface area contributed by atoms with Gasteiger partial charge in [-0.3, -0.25) is 8.98 Å². The molecule has 3 aromatic rings.